The van der Waals surface area contributed by atoms with Gasteiger partial charge in [-0.15, -0.1) is 12.4 Å². The van der Waals surface area contributed by atoms with Gasteiger partial charge in [0.25, 0.3) is 5.91 Å². The molecule has 0 heterocycles. The van der Waals surface area contributed by atoms with Crippen LogP contribution in [0.3, 0.4) is 0 Å². The summed E-state index contributed by atoms with van der Waals surface area (Å²) in [5.41, 5.74) is 10.5. The number of hydrogen-bond donors (Lipinski definition) is 2. The van der Waals surface area contributed by atoms with Crippen LogP contribution < -0.4 is 16.2 Å². The summed E-state index contributed by atoms with van der Waals surface area (Å²) < 4.78 is 31.4. The van der Waals surface area contributed by atoms with Crippen LogP contribution in [0.2, 0.25) is 5.02 Å². The predicted molar refractivity (Wildman–Crippen MR) is 86.9 cm³/mol. The number of sulfonamides is 1. The number of likely N-dealkylation sites (N-methyl/N-ethyl adjacent to an activating group) is 1. The normalized spacial score (nSPS) is 12.6. The molecule has 1 aromatic carbocycles. The molecule has 0 spiro atoms. The summed E-state index contributed by atoms with van der Waals surface area (Å²) in [6.45, 7) is 1.40. The van der Waals surface area contributed by atoms with Crippen LogP contribution in [0.5, 0.6) is 5.75 Å². The summed E-state index contributed by atoms with van der Waals surface area (Å²) in [7, 11) is -2.45. The molecule has 1 rings (SSSR count). The minimum Gasteiger partial charge on any atom is -0.482 e. The first-order valence-electron chi connectivity index (χ1n) is 6.09. The van der Waals surface area contributed by atoms with Crippen LogP contribution >= 0.6 is 24.0 Å². The Bertz CT molecular complexity index is 625. The maximum absolute atomic E-state index is 12.6. The average Bonchev–Trinajstić information content (AvgIpc) is 2.43. The van der Waals surface area contributed by atoms with Crippen LogP contribution in [-0.4, -0.2) is 44.9 Å². The number of benzene rings is 1. The largest absolute Gasteiger partial charge is 0.482 e. The third kappa shape index (κ3) is 4.99. The molecule has 1 unspecified atom stereocenters. The van der Waals surface area contributed by atoms with Crippen LogP contribution in [0.15, 0.2) is 23.1 Å². The summed E-state index contributed by atoms with van der Waals surface area (Å²) in [6, 6.07) is 3.69. The highest BCUT2D eigenvalue weighted by atomic mass is 35.5. The lowest BCUT2D eigenvalue weighted by molar-refractivity contribution is -0.120. The second-order valence-corrected chi connectivity index (χ2v) is 6.85. The van der Waals surface area contributed by atoms with Gasteiger partial charge in [-0.05, 0) is 25.1 Å². The molecule has 0 fully saturated rings. The number of nitrogens with two attached hydrogens (primary N) is 2. The third-order valence-electron chi connectivity index (χ3n) is 2.89. The van der Waals surface area contributed by atoms with Gasteiger partial charge < -0.3 is 16.2 Å². The van der Waals surface area contributed by atoms with E-state index in [4.69, 9.17) is 27.8 Å². The van der Waals surface area contributed by atoms with Crippen molar-refractivity contribution in [2.45, 2.75) is 17.9 Å². The van der Waals surface area contributed by atoms with Crippen LogP contribution in [-0.2, 0) is 14.8 Å². The molecule has 0 aromatic heterocycles. The van der Waals surface area contributed by atoms with E-state index in [0.29, 0.717) is 0 Å². The Morgan fingerprint density at radius 2 is 2.05 bits per heavy atom. The van der Waals surface area contributed by atoms with Crippen LogP contribution in [0.4, 0.5) is 0 Å². The van der Waals surface area contributed by atoms with E-state index in [9.17, 15) is 13.2 Å². The Labute approximate surface area is 141 Å². The lowest BCUT2D eigenvalue weighted by atomic mass is 10.3. The average molecular weight is 372 g/mol. The summed E-state index contributed by atoms with van der Waals surface area (Å²) in [4.78, 5) is 10.6. The fourth-order valence-electron chi connectivity index (χ4n) is 1.49. The van der Waals surface area contributed by atoms with Gasteiger partial charge in [-0.1, -0.05) is 11.6 Å². The van der Waals surface area contributed by atoms with E-state index >= 15 is 0 Å². The number of nitrogens with zero attached hydrogens (tertiary/aromatic N) is 1. The highest BCUT2D eigenvalue weighted by Gasteiger charge is 2.28. The summed E-state index contributed by atoms with van der Waals surface area (Å²) in [5, 5.41) is 0.230. The monoisotopic (exact) mass is 371 g/mol. The Balaban J connectivity index is 0.00000441. The minimum absolute atomic E-state index is 0. The summed E-state index contributed by atoms with van der Waals surface area (Å²) in [6.07, 6.45) is 0. The fourth-order valence-corrected chi connectivity index (χ4v) is 3.26. The van der Waals surface area contributed by atoms with Gasteiger partial charge in [-0.3, -0.25) is 4.79 Å². The molecule has 126 valence electrons. The van der Waals surface area contributed by atoms with Crippen molar-refractivity contribution in [3.05, 3.63) is 23.2 Å². The first-order valence-corrected chi connectivity index (χ1v) is 7.90. The van der Waals surface area contributed by atoms with E-state index < -0.39 is 28.6 Å². The second-order valence-electron chi connectivity index (χ2n) is 4.45. The van der Waals surface area contributed by atoms with Crippen LogP contribution in [0.1, 0.15) is 6.92 Å². The predicted octanol–water partition coefficient (Wildman–Crippen LogP) is 0.594. The molecular formula is C12H19Cl2N3O4S. The van der Waals surface area contributed by atoms with Crippen molar-refractivity contribution in [2.75, 3.05) is 20.2 Å². The van der Waals surface area contributed by atoms with E-state index in [1.54, 1.807) is 6.92 Å². The van der Waals surface area contributed by atoms with Gasteiger partial charge in [0.15, 0.2) is 6.61 Å². The fraction of sp³-hybridized carbons (Fsp3) is 0.417. The Morgan fingerprint density at radius 1 is 1.45 bits per heavy atom. The van der Waals surface area contributed by atoms with E-state index in [1.165, 1.54) is 25.2 Å². The molecular weight excluding hydrogens is 353 g/mol. The molecule has 0 saturated heterocycles. The zero-order valence-corrected chi connectivity index (χ0v) is 14.5. The third-order valence-corrected chi connectivity index (χ3v) is 5.12. The SMILES string of the molecule is CC(CN)N(C)S(=O)(=O)c1cc(Cl)ccc1OCC(N)=O.Cl. The molecule has 1 amide bonds. The highest BCUT2D eigenvalue weighted by Crippen LogP contribution is 2.30. The molecule has 0 aliphatic carbocycles. The minimum atomic E-state index is -3.86. The topological polar surface area (TPSA) is 116 Å². The molecule has 1 aromatic rings. The van der Waals surface area contributed by atoms with Crippen molar-refractivity contribution in [1.82, 2.24) is 4.31 Å². The van der Waals surface area contributed by atoms with Crippen molar-refractivity contribution in [3.8, 4) is 5.75 Å². The van der Waals surface area contributed by atoms with Crippen molar-refractivity contribution in [3.63, 3.8) is 0 Å². The molecule has 0 aliphatic rings. The van der Waals surface area contributed by atoms with Crippen molar-refractivity contribution >= 4 is 39.9 Å². The highest BCUT2D eigenvalue weighted by molar-refractivity contribution is 7.89. The number of amides is 1. The summed E-state index contributed by atoms with van der Waals surface area (Å²) in [5.74, 6) is -0.703. The van der Waals surface area contributed by atoms with E-state index in [-0.39, 0.29) is 34.6 Å². The molecule has 10 heteroatoms. The van der Waals surface area contributed by atoms with Crippen molar-refractivity contribution in [1.29, 1.82) is 0 Å². The molecule has 7 nitrogen and oxygen atoms in total. The van der Waals surface area contributed by atoms with Gasteiger partial charge in [0, 0.05) is 24.7 Å². The van der Waals surface area contributed by atoms with Crippen LogP contribution in [0.25, 0.3) is 0 Å². The molecule has 0 aliphatic heterocycles. The maximum atomic E-state index is 12.6. The van der Waals surface area contributed by atoms with Gasteiger partial charge in [0.05, 0.1) is 0 Å². The second kappa shape index (κ2) is 8.54. The number of primary amides is 1. The lowest BCUT2D eigenvalue weighted by Crippen LogP contribution is -2.39. The smallest absolute Gasteiger partial charge is 0.255 e. The van der Waals surface area contributed by atoms with E-state index in [1.807, 2.05) is 0 Å². The quantitative estimate of drug-likeness (QED) is 0.727. The zero-order chi connectivity index (χ0) is 16.2. The first kappa shape index (κ1) is 20.9. The molecule has 22 heavy (non-hydrogen) atoms. The molecule has 1 atom stereocenters. The van der Waals surface area contributed by atoms with E-state index in [0.717, 1.165) is 4.31 Å². The van der Waals surface area contributed by atoms with Gasteiger partial charge >= 0.3 is 0 Å². The summed E-state index contributed by atoms with van der Waals surface area (Å²) >= 11 is 5.85. The van der Waals surface area contributed by atoms with Gasteiger partial charge in [-0.2, -0.15) is 4.31 Å². The molecule has 0 bridgehead atoms. The lowest BCUT2D eigenvalue weighted by Gasteiger charge is -2.24. The zero-order valence-electron chi connectivity index (χ0n) is 12.2. The molecule has 4 N–H and O–H groups in total. The van der Waals surface area contributed by atoms with Gasteiger partial charge in [0.2, 0.25) is 10.0 Å². The van der Waals surface area contributed by atoms with Gasteiger partial charge in [-0.25, -0.2) is 8.42 Å². The Kier molecular flexibility index (Phi) is 8.13. The number of rotatable bonds is 7. The molecule has 0 saturated carbocycles. The number of hydrogen-bond acceptors (Lipinski definition) is 5. The van der Waals surface area contributed by atoms with Crippen molar-refractivity contribution < 1.29 is 17.9 Å². The number of carbonyl (C=O) groups excluding carboxylic acids is 1. The maximum Gasteiger partial charge on any atom is 0.255 e. The number of ether oxygens (including phenoxy) is 1. The standard InChI is InChI=1S/C12H18ClN3O4S.ClH/c1-8(6-14)16(2)21(18,19)11-5-9(13)3-4-10(11)20-7-12(15)17;/h3-5,8H,6-7,14H2,1-2H3,(H2,15,17);1H. The van der Waals surface area contributed by atoms with Crippen LogP contribution in [0, 0.1) is 0 Å². The number of carbonyl (C=O) groups is 1. The van der Waals surface area contributed by atoms with E-state index in [2.05, 4.69) is 0 Å². The van der Waals surface area contributed by atoms with Crippen molar-refractivity contribution in [2.24, 2.45) is 11.5 Å². The number of halogens is 2. The Morgan fingerprint density at radius 3 is 2.55 bits per heavy atom. The molecule has 0 radical (unpaired) electrons. The Hall–Kier alpha value is -1.06. The first-order chi connectivity index (χ1) is 9.70. The van der Waals surface area contributed by atoms with Gasteiger partial charge in [0.1, 0.15) is 10.6 Å².